The van der Waals surface area contributed by atoms with E-state index in [9.17, 15) is 0 Å². The lowest BCUT2D eigenvalue weighted by molar-refractivity contribution is 0.0203. The van der Waals surface area contributed by atoms with Crippen LogP contribution in [0.25, 0.3) is 0 Å². The molecule has 138 valence electrons. The van der Waals surface area contributed by atoms with Crippen LogP contribution >= 0.6 is 24.0 Å². The van der Waals surface area contributed by atoms with Crippen LogP contribution in [0, 0.1) is 12.8 Å². The molecule has 1 aliphatic heterocycles. The number of aliphatic imine (C=N–C) groups is 1. The minimum Gasteiger partial charge on any atom is -0.381 e. The van der Waals surface area contributed by atoms with Crippen molar-refractivity contribution in [1.29, 1.82) is 0 Å². The molecule has 2 heterocycles. The number of nitrogens with zero attached hydrogens (tertiary/aromatic N) is 3. The molecule has 1 aromatic heterocycles. The number of hydrogen-bond donors (Lipinski definition) is 2. The van der Waals surface area contributed by atoms with Crippen molar-refractivity contribution in [2.24, 2.45) is 10.9 Å². The van der Waals surface area contributed by atoms with Crippen LogP contribution in [0.3, 0.4) is 0 Å². The van der Waals surface area contributed by atoms with Crippen LogP contribution in [0.1, 0.15) is 31.0 Å². The average Bonchev–Trinajstić information content (AvgIpc) is 3.00. The minimum atomic E-state index is 0. The molecular formula is C15H28IN5O3. The Morgan fingerprint density at radius 3 is 2.79 bits per heavy atom. The van der Waals surface area contributed by atoms with Crippen LogP contribution in [0.4, 0.5) is 0 Å². The number of ether oxygens (including phenoxy) is 2. The van der Waals surface area contributed by atoms with Gasteiger partial charge in [0.15, 0.2) is 11.8 Å². The fourth-order valence-electron chi connectivity index (χ4n) is 2.34. The number of guanidine groups is 1. The van der Waals surface area contributed by atoms with E-state index < -0.39 is 0 Å². The third-order valence-corrected chi connectivity index (χ3v) is 3.65. The van der Waals surface area contributed by atoms with Gasteiger partial charge in [0.25, 0.3) is 0 Å². The lowest BCUT2D eigenvalue weighted by Gasteiger charge is -2.21. The van der Waals surface area contributed by atoms with Crippen LogP contribution < -0.4 is 10.6 Å². The fraction of sp³-hybridized carbons (Fsp3) is 0.800. The first-order valence-electron chi connectivity index (χ1n) is 8.17. The Balaban J connectivity index is 0.00000288. The van der Waals surface area contributed by atoms with Crippen LogP contribution in [-0.2, 0) is 16.0 Å². The Bertz CT molecular complexity index is 477. The predicted octanol–water partition coefficient (Wildman–Crippen LogP) is 1.49. The van der Waals surface area contributed by atoms with Crippen molar-refractivity contribution in [3.8, 4) is 0 Å². The number of halogens is 1. The van der Waals surface area contributed by atoms with Gasteiger partial charge in [-0.05, 0) is 32.1 Å². The molecule has 0 aromatic carbocycles. The predicted molar refractivity (Wildman–Crippen MR) is 102 cm³/mol. The Morgan fingerprint density at radius 2 is 2.12 bits per heavy atom. The Kier molecular flexibility index (Phi) is 10.9. The van der Waals surface area contributed by atoms with Gasteiger partial charge in [0.1, 0.15) is 0 Å². The highest BCUT2D eigenvalue weighted by molar-refractivity contribution is 14.0. The summed E-state index contributed by atoms with van der Waals surface area (Å²) in [5.74, 6) is 2.55. The van der Waals surface area contributed by atoms with Crippen molar-refractivity contribution < 1.29 is 14.0 Å². The third kappa shape index (κ3) is 8.25. The molecular weight excluding hydrogens is 425 g/mol. The molecule has 1 saturated heterocycles. The highest BCUT2D eigenvalue weighted by atomic mass is 127. The molecule has 0 saturated carbocycles. The molecule has 8 nitrogen and oxygen atoms in total. The van der Waals surface area contributed by atoms with Gasteiger partial charge in [-0.3, -0.25) is 4.99 Å². The summed E-state index contributed by atoms with van der Waals surface area (Å²) in [4.78, 5) is 8.28. The number of rotatable bonds is 8. The van der Waals surface area contributed by atoms with Crippen LogP contribution in [0.2, 0.25) is 0 Å². The van der Waals surface area contributed by atoms with Gasteiger partial charge in [-0.15, -0.1) is 24.0 Å². The van der Waals surface area contributed by atoms with Crippen LogP contribution in [-0.4, -0.2) is 56.1 Å². The van der Waals surface area contributed by atoms with Gasteiger partial charge >= 0.3 is 0 Å². The quantitative estimate of drug-likeness (QED) is 0.267. The Labute approximate surface area is 160 Å². The van der Waals surface area contributed by atoms with E-state index in [0.717, 1.165) is 52.2 Å². The van der Waals surface area contributed by atoms with E-state index in [0.29, 0.717) is 30.1 Å². The lowest BCUT2D eigenvalue weighted by atomic mass is 10.0. The summed E-state index contributed by atoms with van der Waals surface area (Å²) in [7, 11) is 1.73. The number of nitrogens with one attached hydrogen (secondary N) is 2. The highest BCUT2D eigenvalue weighted by Gasteiger charge is 2.13. The summed E-state index contributed by atoms with van der Waals surface area (Å²) in [5, 5.41) is 10.1. The molecule has 24 heavy (non-hydrogen) atoms. The summed E-state index contributed by atoms with van der Waals surface area (Å²) in [6.45, 7) is 6.39. The van der Waals surface area contributed by atoms with E-state index in [1.165, 1.54) is 0 Å². The average molecular weight is 453 g/mol. The minimum absolute atomic E-state index is 0. The second-order valence-corrected chi connectivity index (χ2v) is 5.57. The molecule has 0 spiro atoms. The number of aromatic nitrogens is 2. The van der Waals surface area contributed by atoms with Crippen molar-refractivity contribution in [1.82, 2.24) is 20.8 Å². The zero-order chi connectivity index (χ0) is 16.3. The van der Waals surface area contributed by atoms with Crippen LogP contribution in [0.15, 0.2) is 9.52 Å². The van der Waals surface area contributed by atoms with Gasteiger partial charge in [-0.25, -0.2) is 0 Å². The molecule has 0 atom stereocenters. The first-order chi connectivity index (χ1) is 11.3. The molecule has 0 radical (unpaired) electrons. The molecule has 9 heteroatoms. The van der Waals surface area contributed by atoms with Crippen molar-refractivity contribution in [2.45, 2.75) is 32.7 Å². The van der Waals surface area contributed by atoms with E-state index in [4.69, 9.17) is 14.0 Å². The van der Waals surface area contributed by atoms with E-state index in [-0.39, 0.29) is 24.0 Å². The van der Waals surface area contributed by atoms with Crippen LogP contribution in [0.5, 0.6) is 0 Å². The SMILES string of the molecule is CN=C(NCCCOCC1CCOCC1)NCc1nc(C)no1.I. The molecule has 0 amide bonds. The van der Waals surface area contributed by atoms with Crippen molar-refractivity contribution in [3.05, 3.63) is 11.7 Å². The Morgan fingerprint density at radius 1 is 1.33 bits per heavy atom. The first kappa shape index (κ1) is 21.1. The Hall–Kier alpha value is -0.940. The summed E-state index contributed by atoms with van der Waals surface area (Å²) in [6.07, 6.45) is 3.16. The zero-order valence-corrected chi connectivity index (χ0v) is 16.7. The van der Waals surface area contributed by atoms with E-state index in [1.54, 1.807) is 14.0 Å². The summed E-state index contributed by atoms with van der Waals surface area (Å²) in [6, 6.07) is 0. The van der Waals surface area contributed by atoms with Crippen molar-refractivity contribution in [3.63, 3.8) is 0 Å². The van der Waals surface area contributed by atoms with E-state index >= 15 is 0 Å². The van der Waals surface area contributed by atoms with Gasteiger partial charge in [0, 0.05) is 40.0 Å². The normalized spacial score (nSPS) is 15.8. The summed E-state index contributed by atoms with van der Waals surface area (Å²) < 4.78 is 16.1. The summed E-state index contributed by atoms with van der Waals surface area (Å²) in [5.41, 5.74) is 0. The smallest absolute Gasteiger partial charge is 0.246 e. The molecule has 1 fully saturated rings. The largest absolute Gasteiger partial charge is 0.381 e. The maximum Gasteiger partial charge on any atom is 0.246 e. The zero-order valence-electron chi connectivity index (χ0n) is 14.4. The van der Waals surface area contributed by atoms with Crippen molar-refractivity contribution in [2.75, 3.05) is 40.0 Å². The standard InChI is InChI=1S/C15H27N5O3.HI/c1-12-19-14(23-20-12)10-18-15(16-2)17-6-3-7-22-11-13-4-8-21-9-5-13;/h13H,3-11H2,1-2H3,(H2,16,17,18);1H. The van der Waals surface area contributed by atoms with Gasteiger partial charge in [-0.2, -0.15) is 4.98 Å². The van der Waals surface area contributed by atoms with Gasteiger partial charge in [0.05, 0.1) is 6.54 Å². The molecule has 1 aromatic rings. The maximum atomic E-state index is 5.73. The second-order valence-electron chi connectivity index (χ2n) is 5.57. The fourth-order valence-corrected chi connectivity index (χ4v) is 2.34. The third-order valence-electron chi connectivity index (χ3n) is 3.65. The van der Waals surface area contributed by atoms with E-state index in [1.807, 2.05) is 0 Å². The molecule has 0 bridgehead atoms. The monoisotopic (exact) mass is 453 g/mol. The van der Waals surface area contributed by atoms with E-state index in [2.05, 4.69) is 25.8 Å². The number of hydrogen-bond acceptors (Lipinski definition) is 6. The topological polar surface area (TPSA) is 93.8 Å². The van der Waals surface area contributed by atoms with Gasteiger partial charge in [-0.1, -0.05) is 5.16 Å². The molecule has 2 rings (SSSR count). The molecule has 0 aliphatic carbocycles. The summed E-state index contributed by atoms with van der Waals surface area (Å²) >= 11 is 0. The molecule has 0 unspecified atom stereocenters. The molecule has 2 N–H and O–H groups in total. The first-order valence-corrected chi connectivity index (χ1v) is 8.17. The number of aryl methyl sites for hydroxylation is 1. The van der Waals surface area contributed by atoms with Gasteiger partial charge in [0.2, 0.25) is 5.89 Å². The van der Waals surface area contributed by atoms with Gasteiger partial charge < -0.3 is 24.6 Å². The molecule has 1 aliphatic rings. The van der Waals surface area contributed by atoms with Crippen molar-refractivity contribution >= 4 is 29.9 Å². The second kappa shape index (κ2) is 12.4. The lowest BCUT2D eigenvalue weighted by Crippen LogP contribution is -2.37. The highest BCUT2D eigenvalue weighted by Crippen LogP contribution is 2.14. The maximum absolute atomic E-state index is 5.73.